The van der Waals surface area contributed by atoms with Gasteiger partial charge in [-0.3, -0.25) is 14.5 Å². The van der Waals surface area contributed by atoms with Crippen LogP contribution >= 0.6 is 0 Å². The van der Waals surface area contributed by atoms with Gasteiger partial charge in [0, 0.05) is 19.2 Å². The molecule has 1 aliphatic heterocycles. The van der Waals surface area contributed by atoms with Gasteiger partial charge in [0.2, 0.25) is 5.91 Å². The van der Waals surface area contributed by atoms with Crippen LogP contribution in [0.2, 0.25) is 0 Å². The van der Waals surface area contributed by atoms with Crippen molar-refractivity contribution >= 4 is 17.8 Å². The molecule has 2 aromatic carbocycles. The van der Waals surface area contributed by atoms with Crippen molar-refractivity contribution in [3.8, 4) is 6.07 Å². The first-order valence-electron chi connectivity index (χ1n) is 8.40. The van der Waals surface area contributed by atoms with Crippen molar-refractivity contribution < 1.29 is 14.4 Å². The van der Waals surface area contributed by atoms with E-state index in [2.05, 4.69) is 11.4 Å². The molecule has 1 saturated heterocycles. The molecule has 0 bridgehead atoms. The topological polar surface area (TPSA) is 93.5 Å². The van der Waals surface area contributed by atoms with Crippen molar-refractivity contribution in [2.75, 3.05) is 13.6 Å². The van der Waals surface area contributed by atoms with E-state index < -0.39 is 6.03 Å². The highest BCUT2D eigenvalue weighted by atomic mass is 16.2. The number of amides is 4. The lowest BCUT2D eigenvalue weighted by atomic mass is 10.1. The summed E-state index contributed by atoms with van der Waals surface area (Å²) in [4.78, 5) is 39.2. The van der Waals surface area contributed by atoms with Gasteiger partial charge in [-0.1, -0.05) is 30.3 Å². The van der Waals surface area contributed by atoms with E-state index in [1.165, 1.54) is 0 Å². The summed E-state index contributed by atoms with van der Waals surface area (Å²) in [6, 6.07) is 15.6. The molecule has 136 valence electrons. The fourth-order valence-electron chi connectivity index (χ4n) is 2.94. The van der Waals surface area contributed by atoms with E-state index in [9.17, 15) is 14.4 Å². The molecule has 27 heavy (non-hydrogen) atoms. The predicted octanol–water partition coefficient (Wildman–Crippen LogP) is 1.88. The first-order chi connectivity index (χ1) is 13.0. The Labute approximate surface area is 156 Å². The van der Waals surface area contributed by atoms with E-state index in [-0.39, 0.29) is 24.9 Å². The number of hydrogen-bond donors (Lipinski definition) is 1. The van der Waals surface area contributed by atoms with Crippen molar-refractivity contribution in [3.05, 3.63) is 70.8 Å². The van der Waals surface area contributed by atoms with Crippen LogP contribution in [0.15, 0.2) is 48.5 Å². The molecule has 0 atom stereocenters. The summed E-state index contributed by atoms with van der Waals surface area (Å²) < 4.78 is 0. The molecule has 0 radical (unpaired) electrons. The third-order valence-electron chi connectivity index (χ3n) is 4.34. The van der Waals surface area contributed by atoms with Gasteiger partial charge < -0.3 is 10.2 Å². The number of imide groups is 1. The zero-order valence-electron chi connectivity index (χ0n) is 14.8. The van der Waals surface area contributed by atoms with Crippen molar-refractivity contribution in [2.24, 2.45) is 0 Å². The number of nitrogens with zero attached hydrogens (tertiary/aromatic N) is 3. The van der Waals surface area contributed by atoms with Gasteiger partial charge in [-0.2, -0.15) is 5.26 Å². The fraction of sp³-hybridized carbons (Fsp3) is 0.200. The highest BCUT2D eigenvalue weighted by molar-refractivity contribution is 6.02. The van der Waals surface area contributed by atoms with E-state index in [1.54, 1.807) is 54.4 Å². The second-order valence-electron chi connectivity index (χ2n) is 6.27. The molecule has 0 saturated carbocycles. The number of nitrogens with one attached hydrogen (secondary N) is 1. The van der Waals surface area contributed by atoms with Crippen LogP contribution in [0.1, 0.15) is 27.0 Å². The number of urea groups is 1. The summed E-state index contributed by atoms with van der Waals surface area (Å²) >= 11 is 0. The van der Waals surface area contributed by atoms with Crippen molar-refractivity contribution in [1.29, 1.82) is 5.26 Å². The van der Waals surface area contributed by atoms with Crippen LogP contribution in [0.5, 0.6) is 0 Å². The highest BCUT2D eigenvalue weighted by Gasteiger charge is 2.29. The summed E-state index contributed by atoms with van der Waals surface area (Å²) in [6.45, 7) is 0.361. The summed E-state index contributed by atoms with van der Waals surface area (Å²) in [5.74, 6) is -0.538. The number of benzene rings is 2. The zero-order chi connectivity index (χ0) is 19.4. The lowest BCUT2D eigenvalue weighted by Gasteiger charge is -2.21. The molecule has 0 aliphatic carbocycles. The molecule has 0 aromatic heterocycles. The van der Waals surface area contributed by atoms with E-state index in [1.807, 2.05) is 6.07 Å². The quantitative estimate of drug-likeness (QED) is 0.822. The van der Waals surface area contributed by atoms with Crippen LogP contribution in [0.25, 0.3) is 0 Å². The number of rotatable bonds is 5. The van der Waals surface area contributed by atoms with Gasteiger partial charge in [0.15, 0.2) is 0 Å². The molecule has 3 rings (SSSR count). The number of nitriles is 1. The molecule has 2 aromatic rings. The molecule has 1 heterocycles. The summed E-state index contributed by atoms with van der Waals surface area (Å²) in [5, 5.41) is 11.5. The molecule has 7 heteroatoms. The summed E-state index contributed by atoms with van der Waals surface area (Å²) in [6.07, 6.45) is 0. The smallest absolute Gasteiger partial charge is 0.324 e. The maximum absolute atomic E-state index is 12.9. The van der Waals surface area contributed by atoms with E-state index in [0.717, 1.165) is 10.5 Å². The summed E-state index contributed by atoms with van der Waals surface area (Å²) in [5.41, 5.74) is 2.42. The Morgan fingerprint density at radius 2 is 2.00 bits per heavy atom. The highest BCUT2D eigenvalue weighted by Crippen LogP contribution is 2.17. The molecule has 0 spiro atoms. The molecular weight excluding hydrogens is 344 g/mol. The third-order valence-corrected chi connectivity index (χ3v) is 4.34. The lowest BCUT2D eigenvalue weighted by molar-refractivity contribution is -0.125. The Bertz CT molecular complexity index is 932. The van der Waals surface area contributed by atoms with Gasteiger partial charge in [0.25, 0.3) is 5.91 Å². The first-order valence-corrected chi connectivity index (χ1v) is 8.40. The third kappa shape index (κ3) is 3.96. The normalized spacial score (nSPS) is 13.3. The number of hydrogen-bond acceptors (Lipinski definition) is 4. The van der Waals surface area contributed by atoms with Crippen LogP contribution < -0.4 is 5.32 Å². The molecule has 1 fully saturated rings. The molecule has 4 amide bonds. The lowest BCUT2D eigenvalue weighted by Crippen LogP contribution is -2.32. The Balaban J connectivity index is 1.79. The van der Waals surface area contributed by atoms with Crippen molar-refractivity contribution in [2.45, 2.75) is 13.1 Å². The molecule has 1 aliphatic rings. The van der Waals surface area contributed by atoms with E-state index >= 15 is 0 Å². The first kappa shape index (κ1) is 18.1. The number of carbonyl (C=O) groups excluding carboxylic acids is 3. The van der Waals surface area contributed by atoms with Crippen LogP contribution in [0, 0.1) is 11.3 Å². The second kappa shape index (κ2) is 7.70. The van der Waals surface area contributed by atoms with Gasteiger partial charge in [-0.25, -0.2) is 4.79 Å². The van der Waals surface area contributed by atoms with Gasteiger partial charge in [-0.05, 0) is 29.3 Å². The minimum absolute atomic E-state index is 0.0237. The van der Waals surface area contributed by atoms with Crippen LogP contribution in [0.4, 0.5) is 4.79 Å². The Kier molecular flexibility index (Phi) is 5.18. The molecule has 1 N–H and O–H groups in total. The second-order valence-corrected chi connectivity index (χ2v) is 6.27. The van der Waals surface area contributed by atoms with Crippen molar-refractivity contribution in [3.63, 3.8) is 0 Å². The molecular formula is C20H18N4O3. The average Bonchev–Trinajstić information content (AvgIpc) is 3.00. The van der Waals surface area contributed by atoms with Crippen LogP contribution in [-0.4, -0.2) is 41.2 Å². The maximum atomic E-state index is 12.9. The number of carbonyl (C=O) groups is 3. The monoisotopic (exact) mass is 362 g/mol. The van der Waals surface area contributed by atoms with Gasteiger partial charge in [-0.15, -0.1) is 0 Å². The standard InChI is InChI=1S/C20H18N4O3/c1-23(12-15-6-4-5-14(9-15)10-21)19(26)17-8-3-2-7-16(17)13-24-18(25)11-22-20(24)27/h2-9H,11-13H2,1H3,(H,22,27). The fourth-order valence-corrected chi connectivity index (χ4v) is 2.94. The van der Waals surface area contributed by atoms with Crippen LogP contribution in [-0.2, 0) is 17.9 Å². The SMILES string of the molecule is CN(Cc1cccc(C#N)c1)C(=O)c1ccccc1CN1C(=O)CNC1=O. The largest absolute Gasteiger partial charge is 0.337 e. The van der Waals surface area contributed by atoms with Crippen LogP contribution in [0.3, 0.4) is 0 Å². The maximum Gasteiger partial charge on any atom is 0.324 e. The average molecular weight is 362 g/mol. The van der Waals surface area contributed by atoms with E-state index in [0.29, 0.717) is 23.2 Å². The van der Waals surface area contributed by atoms with Gasteiger partial charge in [0.1, 0.15) is 0 Å². The summed E-state index contributed by atoms with van der Waals surface area (Å²) in [7, 11) is 1.67. The van der Waals surface area contributed by atoms with Crippen molar-refractivity contribution in [1.82, 2.24) is 15.1 Å². The minimum atomic E-state index is -0.455. The molecule has 7 nitrogen and oxygen atoms in total. The zero-order valence-corrected chi connectivity index (χ0v) is 14.8. The van der Waals surface area contributed by atoms with E-state index in [4.69, 9.17) is 5.26 Å². The van der Waals surface area contributed by atoms with Gasteiger partial charge in [0.05, 0.1) is 24.7 Å². The molecule has 0 unspecified atom stereocenters. The Morgan fingerprint density at radius 1 is 1.22 bits per heavy atom. The predicted molar refractivity (Wildman–Crippen MR) is 97.3 cm³/mol. The van der Waals surface area contributed by atoms with Gasteiger partial charge >= 0.3 is 6.03 Å². The Morgan fingerprint density at radius 3 is 2.70 bits per heavy atom. The minimum Gasteiger partial charge on any atom is -0.337 e. The Hall–Kier alpha value is -3.66.